The predicted molar refractivity (Wildman–Crippen MR) is 111 cm³/mol. The van der Waals surface area contributed by atoms with Gasteiger partial charge in [0.15, 0.2) is 0 Å². The Balaban J connectivity index is 1.19. The van der Waals surface area contributed by atoms with E-state index in [1.54, 1.807) is 0 Å². The van der Waals surface area contributed by atoms with Crippen LogP contribution in [0.1, 0.15) is 57.8 Å². The van der Waals surface area contributed by atoms with Gasteiger partial charge in [0.05, 0.1) is 11.5 Å². The molecule has 4 aliphatic carbocycles. The van der Waals surface area contributed by atoms with Crippen LogP contribution in [-0.2, 0) is 4.79 Å². The Kier molecular flexibility index (Phi) is 5.17. The summed E-state index contributed by atoms with van der Waals surface area (Å²) in [6.45, 7) is 9.83. The lowest BCUT2D eigenvalue weighted by Gasteiger charge is -2.58. The van der Waals surface area contributed by atoms with Gasteiger partial charge in [-0.3, -0.25) is 4.79 Å². The van der Waals surface area contributed by atoms with Crippen LogP contribution in [0.4, 0.5) is 4.79 Å². The van der Waals surface area contributed by atoms with Gasteiger partial charge >= 0.3 is 6.03 Å². The maximum atomic E-state index is 13.4. The van der Waals surface area contributed by atoms with Crippen molar-refractivity contribution in [2.75, 3.05) is 26.2 Å². The fourth-order valence-electron chi connectivity index (χ4n) is 7.27. The summed E-state index contributed by atoms with van der Waals surface area (Å²) in [5.41, 5.74) is -0.288. The molecule has 0 aromatic heterocycles. The van der Waals surface area contributed by atoms with E-state index >= 15 is 0 Å². The van der Waals surface area contributed by atoms with Gasteiger partial charge in [-0.05, 0) is 62.7 Å². The number of hydrogen-bond acceptors (Lipinski definition) is 3. The second-order valence-electron chi connectivity index (χ2n) is 10.6. The summed E-state index contributed by atoms with van der Waals surface area (Å²) >= 11 is 0. The SMILES string of the molecule is [C-]#[N+]C1CCN(C(=O)N2CCC[C@H](NC(=O)C34CC5CC(C3)C(O)C(C5)C4)C2)CC1. The monoisotopic (exact) mass is 414 g/mol. The first-order chi connectivity index (χ1) is 14.5. The van der Waals surface area contributed by atoms with Gasteiger partial charge in [-0.25, -0.2) is 11.4 Å². The average molecular weight is 415 g/mol. The van der Waals surface area contributed by atoms with Crippen molar-refractivity contribution in [1.29, 1.82) is 0 Å². The molecule has 0 radical (unpaired) electrons. The summed E-state index contributed by atoms with van der Waals surface area (Å²) in [6, 6.07) is 0.144. The Bertz CT molecular complexity index is 725. The Hall–Kier alpha value is -1.81. The van der Waals surface area contributed by atoms with Gasteiger partial charge in [-0.1, -0.05) is 0 Å². The van der Waals surface area contributed by atoms with E-state index in [1.165, 1.54) is 0 Å². The van der Waals surface area contributed by atoms with Crippen LogP contribution >= 0.6 is 0 Å². The highest BCUT2D eigenvalue weighted by Crippen LogP contribution is 2.60. The second kappa shape index (κ2) is 7.71. The molecule has 2 unspecified atom stereocenters. The molecule has 2 aliphatic heterocycles. The molecule has 6 aliphatic rings. The van der Waals surface area contributed by atoms with E-state index in [0.29, 0.717) is 37.4 Å². The minimum Gasteiger partial charge on any atom is -0.393 e. The van der Waals surface area contributed by atoms with E-state index < -0.39 is 0 Å². The highest BCUT2D eigenvalue weighted by molar-refractivity contribution is 5.83. The molecule has 3 amide bonds. The minimum absolute atomic E-state index is 0.0221. The van der Waals surface area contributed by atoms with E-state index in [1.807, 2.05) is 9.80 Å². The van der Waals surface area contributed by atoms with Gasteiger partial charge in [0.2, 0.25) is 11.9 Å². The summed E-state index contributed by atoms with van der Waals surface area (Å²) in [5, 5.41) is 13.8. The van der Waals surface area contributed by atoms with Gasteiger partial charge in [-0.15, -0.1) is 0 Å². The number of urea groups is 1. The molecule has 0 spiro atoms. The van der Waals surface area contributed by atoms with Crippen molar-refractivity contribution in [3.8, 4) is 0 Å². The highest BCUT2D eigenvalue weighted by Gasteiger charge is 2.58. The van der Waals surface area contributed by atoms with Gasteiger partial charge < -0.3 is 25.1 Å². The van der Waals surface area contributed by atoms with Crippen molar-refractivity contribution in [3.63, 3.8) is 0 Å². The number of nitrogens with one attached hydrogen (secondary N) is 1. The largest absolute Gasteiger partial charge is 0.393 e. The van der Waals surface area contributed by atoms with Crippen molar-refractivity contribution in [3.05, 3.63) is 11.4 Å². The van der Waals surface area contributed by atoms with Crippen molar-refractivity contribution in [2.45, 2.75) is 76.0 Å². The zero-order chi connectivity index (χ0) is 20.9. The molecule has 0 aromatic rings. The maximum absolute atomic E-state index is 13.4. The molecule has 30 heavy (non-hydrogen) atoms. The molecule has 4 saturated carbocycles. The first-order valence-corrected chi connectivity index (χ1v) is 11.9. The highest BCUT2D eigenvalue weighted by atomic mass is 16.3. The Morgan fingerprint density at radius 3 is 2.37 bits per heavy atom. The summed E-state index contributed by atoms with van der Waals surface area (Å²) in [6.07, 6.45) is 7.96. The van der Waals surface area contributed by atoms with Crippen molar-refractivity contribution in [1.82, 2.24) is 15.1 Å². The van der Waals surface area contributed by atoms with Crippen LogP contribution in [0.25, 0.3) is 4.85 Å². The number of carbonyl (C=O) groups is 2. The lowest BCUT2D eigenvalue weighted by Crippen LogP contribution is -2.61. The first kappa shape index (κ1) is 20.1. The molecule has 3 atom stereocenters. The van der Waals surface area contributed by atoms with Crippen LogP contribution in [0.2, 0.25) is 0 Å². The quantitative estimate of drug-likeness (QED) is 0.681. The fraction of sp³-hybridized carbons (Fsp3) is 0.870. The molecular weight excluding hydrogens is 380 g/mol. The van der Waals surface area contributed by atoms with Crippen LogP contribution in [0, 0.1) is 29.7 Å². The summed E-state index contributed by atoms with van der Waals surface area (Å²) in [4.78, 5) is 33.8. The van der Waals surface area contributed by atoms with E-state index in [0.717, 1.165) is 64.3 Å². The maximum Gasteiger partial charge on any atom is 0.320 e. The minimum atomic E-state index is -0.288. The lowest BCUT2D eigenvalue weighted by molar-refractivity contribution is -0.163. The van der Waals surface area contributed by atoms with E-state index in [4.69, 9.17) is 6.57 Å². The molecule has 4 bridgehead atoms. The average Bonchev–Trinajstić information content (AvgIpc) is 2.76. The molecule has 6 fully saturated rings. The van der Waals surface area contributed by atoms with Gasteiger partial charge in [0.1, 0.15) is 0 Å². The van der Waals surface area contributed by atoms with Crippen molar-refractivity contribution in [2.24, 2.45) is 23.2 Å². The lowest BCUT2D eigenvalue weighted by atomic mass is 9.48. The molecule has 2 heterocycles. The number of carbonyl (C=O) groups excluding carboxylic acids is 2. The zero-order valence-corrected chi connectivity index (χ0v) is 17.8. The van der Waals surface area contributed by atoms with E-state index in [9.17, 15) is 14.7 Å². The van der Waals surface area contributed by atoms with Gasteiger partial charge in [0, 0.05) is 45.1 Å². The fourth-order valence-corrected chi connectivity index (χ4v) is 7.27. The molecule has 2 saturated heterocycles. The zero-order valence-electron chi connectivity index (χ0n) is 17.8. The number of likely N-dealkylation sites (tertiary alicyclic amines) is 2. The van der Waals surface area contributed by atoms with Crippen LogP contribution < -0.4 is 5.32 Å². The first-order valence-electron chi connectivity index (χ1n) is 11.9. The Morgan fingerprint density at radius 2 is 1.70 bits per heavy atom. The summed E-state index contributed by atoms with van der Waals surface area (Å²) in [7, 11) is 0. The smallest absolute Gasteiger partial charge is 0.320 e. The standard InChI is InChI=1S/C23H34N4O3/c1-24-18-4-7-26(8-5-18)22(30)27-6-2-3-19(14-27)25-21(29)23-11-15-9-16(12-23)20(28)17(10-15)13-23/h15-20,28H,2-14H2,(H,25,29)/t15?,16?,17?,19-,20?,23?/m0/s1. The molecule has 2 N–H and O–H groups in total. The van der Waals surface area contributed by atoms with Crippen molar-refractivity contribution >= 4 is 11.9 Å². The van der Waals surface area contributed by atoms with Crippen LogP contribution in [0.5, 0.6) is 0 Å². The molecule has 7 heteroatoms. The van der Waals surface area contributed by atoms with E-state index in [-0.39, 0.29) is 35.5 Å². The number of aliphatic hydroxyl groups is 1. The molecule has 164 valence electrons. The molecule has 0 aromatic carbocycles. The number of rotatable bonds is 2. The topological polar surface area (TPSA) is 77.2 Å². The van der Waals surface area contributed by atoms with E-state index in [2.05, 4.69) is 10.2 Å². The van der Waals surface area contributed by atoms with Crippen LogP contribution in [0.15, 0.2) is 0 Å². The van der Waals surface area contributed by atoms with Crippen LogP contribution in [-0.4, -0.2) is 71.2 Å². The van der Waals surface area contributed by atoms with Gasteiger partial charge in [0.25, 0.3) is 0 Å². The summed E-state index contributed by atoms with van der Waals surface area (Å²) < 4.78 is 0. The third-order valence-corrected chi connectivity index (χ3v) is 8.65. The third-order valence-electron chi connectivity index (χ3n) is 8.65. The number of piperidine rings is 2. The Morgan fingerprint density at radius 1 is 1.00 bits per heavy atom. The normalized spacial score (nSPS) is 40.9. The predicted octanol–water partition coefficient (Wildman–Crippen LogP) is 2.26. The number of amides is 3. The third kappa shape index (κ3) is 3.47. The Labute approximate surface area is 179 Å². The molecule has 7 nitrogen and oxygen atoms in total. The van der Waals surface area contributed by atoms with Gasteiger partial charge in [-0.2, -0.15) is 0 Å². The number of nitrogens with zero attached hydrogens (tertiary/aromatic N) is 3. The number of hydrogen-bond donors (Lipinski definition) is 2. The summed E-state index contributed by atoms with van der Waals surface area (Å²) in [5.74, 6) is 1.36. The second-order valence-corrected chi connectivity index (χ2v) is 10.6. The number of aliphatic hydroxyl groups excluding tert-OH is 1. The van der Waals surface area contributed by atoms with Crippen molar-refractivity contribution < 1.29 is 14.7 Å². The molecule has 6 rings (SSSR count). The van der Waals surface area contributed by atoms with Crippen LogP contribution in [0.3, 0.4) is 0 Å². The molecular formula is C23H34N4O3.